The van der Waals surface area contributed by atoms with Crippen LogP contribution in [-0.4, -0.2) is 23.0 Å². The molecule has 3 aromatic rings. The van der Waals surface area contributed by atoms with Crippen LogP contribution in [0.3, 0.4) is 0 Å². The van der Waals surface area contributed by atoms with E-state index in [0.717, 1.165) is 4.47 Å². The molecule has 24 heavy (non-hydrogen) atoms. The van der Waals surface area contributed by atoms with Crippen molar-refractivity contribution in [1.29, 1.82) is 0 Å². The molecule has 0 aliphatic carbocycles. The Balaban J connectivity index is 1.64. The Bertz CT molecular complexity index is 889. The molecule has 3 rings (SSSR count). The lowest BCUT2D eigenvalue weighted by Gasteiger charge is -2.13. The van der Waals surface area contributed by atoms with E-state index in [9.17, 15) is 9.59 Å². The largest absolute Gasteiger partial charge is 0.449 e. The van der Waals surface area contributed by atoms with Crippen molar-refractivity contribution in [2.24, 2.45) is 0 Å². The number of ether oxygens (including phenoxy) is 1. The molecule has 0 saturated carbocycles. The highest BCUT2D eigenvalue weighted by Gasteiger charge is 2.19. The second kappa shape index (κ2) is 6.84. The van der Waals surface area contributed by atoms with E-state index in [1.165, 1.54) is 19.4 Å². The fourth-order valence-electron chi connectivity index (χ4n) is 2.04. The molecular weight excluding hydrogens is 376 g/mol. The number of rotatable bonds is 4. The SMILES string of the molecule is CC(OC(=O)c1ccc2ncoc2c1)C(=O)Nc1ccc(Br)cc1. The molecule has 0 radical (unpaired) electrons. The molecular formula is C17H13BrN2O4. The maximum Gasteiger partial charge on any atom is 0.339 e. The molecule has 0 fully saturated rings. The average molecular weight is 389 g/mol. The van der Waals surface area contributed by atoms with Gasteiger partial charge in [0, 0.05) is 10.2 Å². The van der Waals surface area contributed by atoms with Crippen LogP contribution >= 0.6 is 15.9 Å². The highest BCUT2D eigenvalue weighted by Crippen LogP contribution is 2.17. The maximum absolute atomic E-state index is 12.2. The Morgan fingerprint density at radius 1 is 1.21 bits per heavy atom. The minimum Gasteiger partial charge on any atom is -0.449 e. The lowest BCUT2D eigenvalue weighted by atomic mass is 10.2. The van der Waals surface area contributed by atoms with E-state index in [4.69, 9.17) is 9.15 Å². The summed E-state index contributed by atoms with van der Waals surface area (Å²) in [6.07, 6.45) is 0.361. The third-order valence-electron chi connectivity index (χ3n) is 3.33. The average Bonchev–Trinajstić information content (AvgIpc) is 3.04. The maximum atomic E-state index is 12.2. The van der Waals surface area contributed by atoms with Crippen molar-refractivity contribution in [3.63, 3.8) is 0 Å². The summed E-state index contributed by atoms with van der Waals surface area (Å²) < 4.78 is 11.3. The zero-order valence-electron chi connectivity index (χ0n) is 12.7. The molecule has 1 amide bonds. The van der Waals surface area contributed by atoms with Crippen molar-refractivity contribution in [2.75, 3.05) is 5.32 Å². The van der Waals surface area contributed by atoms with Gasteiger partial charge < -0.3 is 14.5 Å². The van der Waals surface area contributed by atoms with Gasteiger partial charge in [-0.3, -0.25) is 4.79 Å². The quantitative estimate of drug-likeness (QED) is 0.687. The van der Waals surface area contributed by atoms with E-state index < -0.39 is 18.0 Å². The summed E-state index contributed by atoms with van der Waals surface area (Å²) in [5, 5.41) is 2.69. The van der Waals surface area contributed by atoms with Crippen molar-refractivity contribution < 1.29 is 18.7 Å². The number of amides is 1. The fourth-order valence-corrected chi connectivity index (χ4v) is 2.31. The summed E-state index contributed by atoms with van der Waals surface area (Å²) >= 11 is 3.32. The summed E-state index contributed by atoms with van der Waals surface area (Å²) in [5.74, 6) is -1.02. The van der Waals surface area contributed by atoms with Gasteiger partial charge in [-0.15, -0.1) is 0 Å². The van der Waals surface area contributed by atoms with Gasteiger partial charge >= 0.3 is 5.97 Å². The molecule has 1 atom stereocenters. The minimum atomic E-state index is -0.938. The van der Waals surface area contributed by atoms with Crippen LogP contribution in [0.2, 0.25) is 0 Å². The van der Waals surface area contributed by atoms with Gasteiger partial charge in [0.15, 0.2) is 18.1 Å². The first-order valence-corrected chi connectivity index (χ1v) is 7.93. The Morgan fingerprint density at radius 3 is 2.71 bits per heavy atom. The second-order valence-electron chi connectivity index (χ2n) is 5.08. The van der Waals surface area contributed by atoms with Crippen molar-refractivity contribution in [3.8, 4) is 0 Å². The number of hydrogen-bond donors (Lipinski definition) is 1. The summed E-state index contributed by atoms with van der Waals surface area (Å²) in [6, 6.07) is 11.9. The molecule has 0 saturated heterocycles. The van der Waals surface area contributed by atoms with Crippen LogP contribution in [-0.2, 0) is 9.53 Å². The number of fused-ring (bicyclic) bond motifs is 1. The number of anilines is 1. The number of nitrogens with one attached hydrogen (secondary N) is 1. The summed E-state index contributed by atoms with van der Waals surface area (Å²) in [5.41, 5.74) is 2.04. The minimum absolute atomic E-state index is 0.294. The van der Waals surface area contributed by atoms with Crippen LogP contribution in [0.25, 0.3) is 11.1 Å². The predicted octanol–water partition coefficient (Wildman–Crippen LogP) is 3.77. The first-order chi connectivity index (χ1) is 11.5. The normalized spacial score (nSPS) is 11.9. The number of nitrogens with zero attached hydrogens (tertiary/aromatic N) is 1. The van der Waals surface area contributed by atoms with Gasteiger partial charge in [0.25, 0.3) is 5.91 Å². The number of hydrogen-bond acceptors (Lipinski definition) is 5. The van der Waals surface area contributed by atoms with Gasteiger partial charge in [-0.05, 0) is 49.4 Å². The van der Waals surface area contributed by atoms with Gasteiger partial charge in [-0.2, -0.15) is 0 Å². The third kappa shape index (κ3) is 3.62. The second-order valence-corrected chi connectivity index (χ2v) is 5.99. The van der Waals surface area contributed by atoms with Gasteiger partial charge in [0.1, 0.15) is 5.52 Å². The monoisotopic (exact) mass is 388 g/mol. The number of carbonyl (C=O) groups excluding carboxylic acids is 2. The number of oxazole rings is 1. The van der Waals surface area contributed by atoms with Crippen LogP contribution in [0.4, 0.5) is 5.69 Å². The van der Waals surface area contributed by atoms with Crippen LogP contribution in [0.1, 0.15) is 17.3 Å². The topological polar surface area (TPSA) is 81.4 Å². The lowest BCUT2D eigenvalue weighted by Crippen LogP contribution is -2.29. The molecule has 1 aromatic heterocycles. The smallest absolute Gasteiger partial charge is 0.339 e. The lowest BCUT2D eigenvalue weighted by molar-refractivity contribution is -0.123. The van der Waals surface area contributed by atoms with E-state index in [0.29, 0.717) is 22.4 Å². The number of esters is 1. The Hall–Kier alpha value is -2.67. The highest BCUT2D eigenvalue weighted by molar-refractivity contribution is 9.10. The van der Waals surface area contributed by atoms with Gasteiger partial charge in [0.05, 0.1) is 5.56 Å². The first-order valence-electron chi connectivity index (χ1n) is 7.13. The molecule has 1 heterocycles. The Morgan fingerprint density at radius 2 is 1.96 bits per heavy atom. The molecule has 6 nitrogen and oxygen atoms in total. The van der Waals surface area contributed by atoms with Crippen LogP contribution in [0.15, 0.2) is 57.7 Å². The van der Waals surface area contributed by atoms with E-state index in [-0.39, 0.29) is 0 Å². The molecule has 0 aliphatic rings. The van der Waals surface area contributed by atoms with Crippen LogP contribution < -0.4 is 5.32 Å². The predicted molar refractivity (Wildman–Crippen MR) is 91.7 cm³/mol. The zero-order valence-corrected chi connectivity index (χ0v) is 14.2. The van der Waals surface area contributed by atoms with Crippen molar-refractivity contribution in [3.05, 3.63) is 58.9 Å². The summed E-state index contributed by atoms with van der Waals surface area (Å²) in [6.45, 7) is 1.51. The van der Waals surface area contributed by atoms with E-state index in [2.05, 4.69) is 26.2 Å². The van der Waals surface area contributed by atoms with E-state index >= 15 is 0 Å². The van der Waals surface area contributed by atoms with Gasteiger partial charge in [-0.1, -0.05) is 15.9 Å². The standard InChI is InChI=1S/C17H13BrN2O4/c1-10(16(21)20-13-5-3-12(18)4-6-13)24-17(22)11-2-7-14-15(8-11)23-9-19-14/h2-10H,1H3,(H,20,21). The molecule has 122 valence electrons. The molecule has 0 spiro atoms. The molecule has 7 heteroatoms. The van der Waals surface area contributed by atoms with Crippen molar-refractivity contribution in [1.82, 2.24) is 4.98 Å². The van der Waals surface area contributed by atoms with E-state index in [1.807, 2.05) is 0 Å². The Labute approximate surface area is 145 Å². The third-order valence-corrected chi connectivity index (χ3v) is 3.86. The van der Waals surface area contributed by atoms with Crippen LogP contribution in [0.5, 0.6) is 0 Å². The van der Waals surface area contributed by atoms with Gasteiger partial charge in [-0.25, -0.2) is 9.78 Å². The van der Waals surface area contributed by atoms with Gasteiger partial charge in [0.2, 0.25) is 0 Å². The van der Waals surface area contributed by atoms with Crippen molar-refractivity contribution in [2.45, 2.75) is 13.0 Å². The molecule has 0 bridgehead atoms. The zero-order chi connectivity index (χ0) is 17.1. The molecule has 1 N–H and O–H groups in total. The first kappa shape index (κ1) is 16.2. The number of halogens is 1. The number of carbonyl (C=O) groups is 2. The molecule has 2 aromatic carbocycles. The number of aromatic nitrogens is 1. The Kier molecular flexibility index (Phi) is 4.61. The molecule has 1 unspecified atom stereocenters. The fraction of sp³-hybridized carbons (Fsp3) is 0.118. The highest BCUT2D eigenvalue weighted by atomic mass is 79.9. The molecule has 0 aliphatic heterocycles. The van der Waals surface area contributed by atoms with Crippen LogP contribution in [0, 0.1) is 0 Å². The summed E-state index contributed by atoms with van der Waals surface area (Å²) in [4.78, 5) is 28.2. The van der Waals surface area contributed by atoms with Crippen molar-refractivity contribution >= 4 is 44.6 Å². The summed E-state index contributed by atoms with van der Waals surface area (Å²) in [7, 11) is 0. The number of benzene rings is 2. The van der Waals surface area contributed by atoms with E-state index in [1.54, 1.807) is 36.4 Å².